The van der Waals surface area contributed by atoms with Crippen molar-refractivity contribution in [2.45, 2.75) is 31.0 Å². The first-order chi connectivity index (χ1) is 11.5. The number of ether oxygens (including phenoxy) is 1. The SMILES string of the molecule is [2H][13C]([2H])([2H])[C@@]1(F)[C@H](O)[C@@H](CO[PH](=O)OO)O[C@H]1n1ccc(=O)[nH]c1=O. The molecule has 1 unspecified atom stereocenters. The van der Waals surface area contributed by atoms with Crippen LogP contribution in [0.5, 0.6) is 0 Å². The van der Waals surface area contributed by atoms with Crippen LogP contribution in [0, 0.1) is 0 Å². The Morgan fingerprint density at radius 3 is 3.00 bits per heavy atom. The monoisotopic (exact) mass is 344 g/mol. The molecule has 3 N–H and O–H groups in total. The highest BCUT2D eigenvalue weighted by atomic mass is 31.1. The molecule has 2 heterocycles. The standard InChI is InChI=1S/C10H14FN2O8P/c1-10(11)7(15)5(4-19-22(18)21-17)20-8(10)13-3-2-6(14)12-9(13)16/h2-3,5,7-8,15,17,22H,4H2,1H3,(H,12,14,16)/t5-,7-,8-,10-/m1/s1/i1+1D3. The summed E-state index contributed by atoms with van der Waals surface area (Å²) in [6.45, 7) is -4.23. The van der Waals surface area contributed by atoms with Crippen molar-refractivity contribution in [2.24, 2.45) is 0 Å². The third-order valence-electron chi connectivity index (χ3n) is 2.99. The van der Waals surface area contributed by atoms with E-state index in [1.54, 1.807) is 4.98 Å². The first kappa shape index (κ1) is 13.1. The van der Waals surface area contributed by atoms with Crippen LogP contribution in [0.15, 0.2) is 21.9 Å². The number of aromatic amines is 1. The van der Waals surface area contributed by atoms with Gasteiger partial charge < -0.3 is 14.4 Å². The van der Waals surface area contributed by atoms with Gasteiger partial charge >= 0.3 is 13.9 Å². The first-order valence-electron chi connectivity index (χ1n) is 7.34. The molecule has 0 aliphatic carbocycles. The topological polar surface area (TPSA) is 140 Å². The molecule has 2 rings (SSSR count). The minimum absolute atomic E-state index is 0.461. The average molecular weight is 344 g/mol. The maximum absolute atomic E-state index is 15.3. The molecule has 1 aromatic heterocycles. The zero-order valence-electron chi connectivity index (χ0n) is 13.8. The summed E-state index contributed by atoms with van der Waals surface area (Å²) in [6.07, 6.45) is -5.29. The van der Waals surface area contributed by atoms with Crippen LogP contribution in [0.2, 0.25) is 0 Å². The normalized spacial score (nSPS) is 35.6. The molecule has 1 saturated heterocycles. The van der Waals surface area contributed by atoms with Crippen LogP contribution >= 0.6 is 8.25 Å². The van der Waals surface area contributed by atoms with Crippen LogP contribution in [-0.2, 0) is 18.5 Å². The number of alkyl halides is 1. The van der Waals surface area contributed by atoms with E-state index in [1.165, 1.54) is 0 Å². The van der Waals surface area contributed by atoms with Crippen molar-refractivity contribution in [3.05, 3.63) is 33.1 Å². The predicted molar refractivity (Wildman–Crippen MR) is 69.4 cm³/mol. The molecule has 124 valence electrons. The van der Waals surface area contributed by atoms with Crippen LogP contribution in [0.1, 0.15) is 17.2 Å². The third kappa shape index (κ3) is 3.19. The summed E-state index contributed by atoms with van der Waals surface area (Å²) in [6, 6.07) is 0.833. The summed E-state index contributed by atoms with van der Waals surface area (Å²) >= 11 is 0. The zero-order valence-corrected chi connectivity index (χ0v) is 11.8. The van der Waals surface area contributed by atoms with Crippen molar-refractivity contribution in [3.8, 4) is 0 Å². The van der Waals surface area contributed by atoms with Gasteiger partial charge in [0.25, 0.3) is 5.56 Å². The lowest BCUT2D eigenvalue weighted by molar-refractivity contribution is -0.145. The van der Waals surface area contributed by atoms with Gasteiger partial charge in [0.1, 0.15) is 12.2 Å². The van der Waals surface area contributed by atoms with Gasteiger partial charge in [-0.2, -0.15) is 4.67 Å². The van der Waals surface area contributed by atoms with Crippen molar-refractivity contribution in [1.82, 2.24) is 9.55 Å². The molecular formula is C10H14FN2O8P. The van der Waals surface area contributed by atoms with Crippen molar-refractivity contribution in [2.75, 3.05) is 6.61 Å². The molecule has 1 aliphatic rings. The van der Waals surface area contributed by atoms with Gasteiger partial charge in [-0.3, -0.25) is 18.9 Å². The lowest BCUT2D eigenvalue weighted by Gasteiger charge is -2.24. The summed E-state index contributed by atoms with van der Waals surface area (Å²) in [5, 5.41) is 18.2. The Morgan fingerprint density at radius 1 is 1.68 bits per heavy atom. The van der Waals surface area contributed by atoms with E-state index in [2.05, 4.69) is 9.20 Å². The fourth-order valence-corrected chi connectivity index (χ4v) is 2.30. The van der Waals surface area contributed by atoms with Gasteiger partial charge in [0.2, 0.25) is 0 Å². The number of aromatic nitrogens is 2. The van der Waals surface area contributed by atoms with Crippen LogP contribution in [0.25, 0.3) is 0 Å². The molecule has 5 atom stereocenters. The van der Waals surface area contributed by atoms with E-state index in [9.17, 15) is 19.3 Å². The van der Waals surface area contributed by atoms with E-state index in [4.69, 9.17) is 14.1 Å². The van der Waals surface area contributed by atoms with Crippen molar-refractivity contribution < 1.29 is 37.4 Å². The van der Waals surface area contributed by atoms with Crippen molar-refractivity contribution >= 4 is 8.25 Å². The highest BCUT2D eigenvalue weighted by Crippen LogP contribution is 2.41. The van der Waals surface area contributed by atoms with Gasteiger partial charge in [-0.15, -0.1) is 0 Å². The maximum atomic E-state index is 15.3. The maximum Gasteiger partial charge on any atom is 0.346 e. The van der Waals surface area contributed by atoms with Crippen LogP contribution in [0.4, 0.5) is 4.39 Å². The summed E-state index contributed by atoms with van der Waals surface area (Å²) < 4.78 is 61.7. The second-order valence-corrected chi connectivity index (χ2v) is 5.38. The van der Waals surface area contributed by atoms with E-state index in [0.717, 1.165) is 12.3 Å². The average Bonchev–Trinajstić information content (AvgIpc) is 2.78. The zero-order chi connectivity index (χ0) is 19.0. The molecular weight excluding hydrogens is 327 g/mol. The van der Waals surface area contributed by atoms with Gasteiger partial charge in [0, 0.05) is 16.4 Å². The number of aliphatic hydroxyl groups is 1. The Kier molecular flexibility index (Phi) is 3.82. The number of hydrogen-bond acceptors (Lipinski definition) is 8. The van der Waals surface area contributed by atoms with Crippen molar-refractivity contribution in [3.63, 3.8) is 0 Å². The molecule has 12 heteroatoms. The van der Waals surface area contributed by atoms with E-state index >= 15 is 4.39 Å². The molecule has 22 heavy (non-hydrogen) atoms. The summed E-state index contributed by atoms with van der Waals surface area (Å²) in [5.41, 5.74) is -5.42. The second-order valence-electron chi connectivity index (χ2n) is 4.41. The molecule has 1 fully saturated rings. The van der Waals surface area contributed by atoms with Crippen LogP contribution in [-0.4, -0.2) is 44.4 Å². The molecule has 0 radical (unpaired) electrons. The Hall–Kier alpha value is -1.36. The predicted octanol–water partition coefficient (Wildman–Crippen LogP) is -0.581. The van der Waals surface area contributed by atoms with Gasteiger partial charge in [-0.05, 0) is 6.85 Å². The second kappa shape index (κ2) is 6.41. The Bertz CT molecular complexity index is 770. The molecule has 0 saturated carbocycles. The van der Waals surface area contributed by atoms with E-state index in [0.29, 0.717) is 4.57 Å². The van der Waals surface area contributed by atoms with Gasteiger partial charge in [0.15, 0.2) is 11.9 Å². The number of rotatable bonds is 5. The number of aliphatic hydroxyl groups excluding tert-OH is 1. The Balaban J connectivity index is 2.43. The minimum atomic E-state index is -3.45. The largest absolute Gasteiger partial charge is 0.387 e. The van der Waals surface area contributed by atoms with Gasteiger partial charge in [0.05, 0.1) is 6.61 Å². The van der Waals surface area contributed by atoms with Crippen LogP contribution < -0.4 is 11.2 Å². The fourth-order valence-electron chi connectivity index (χ4n) is 1.94. The third-order valence-corrected chi connectivity index (χ3v) is 3.54. The highest BCUT2D eigenvalue weighted by molar-refractivity contribution is 7.33. The molecule has 0 amide bonds. The summed E-state index contributed by atoms with van der Waals surface area (Å²) in [5.74, 6) is 0. The number of hydrogen-bond donors (Lipinski definition) is 3. The highest BCUT2D eigenvalue weighted by Gasteiger charge is 2.55. The molecule has 10 nitrogen and oxygen atoms in total. The quantitative estimate of drug-likeness (QED) is 0.279. The molecule has 0 bridgehead atoms. The smallest absolute Gasteiger partial charge is 0.346 e. The van der Waals surface area contributed by atoms with Crippen LogP contribution in [0.3, 0.4) is 0 Å². The number of nitrogens with one attached hydrogen (secondary N) is 1. The summed E-state index contributed by atoms with van der Waals surface area (Å²) in [4.78, 5) is 24.7. The Labute approximate surface area is 127 Å². The molecule has 0 aromatic carbocycles. The van der Waals surface area contributed by atoms with E-state index < -0.39 is 57.1 Å². The summed E-state index contributed by atoms with van der Waals surface area (Å²) in [7, 11) is -3.37. The van der Waals surface area contributed by atoms with Gasteiger partial charge in [-0.1, -0.05) is 0 Å². The number of H-pyrrole nitrogens is 1. The minimum Gasteiger partial charge on any atom is -0.387 e. The molecule has 1 aliphatic heterocycles. The molecule has 1 aromatic rings. The molecule has 0 spiro atoms. The Morgan fingerprint density at radius 2 is 2.41 bits per heavy atom. The fraction of sp³-hybridized carbons (Fsp3) is 0.600. The first-order valence-corrected chi connectivity index (χ1v) is 7.07. The lowest BCUT2D eigenvalue weighted by atomic mass is 10.0. The van der Waals surface area contributed by atoms with Crippen molar-refractivity contribution in [1.29, 1.82) is 0 Å². The van der Waals surface area contributed by atoms with Gasteiger partial charge in [-0.25, -0.2) is 14.4 Å². The number of halogens is 1. The number of nitrogens with zero attached hydrogens (tertiary/aromatic N) is 1. The lowest BCUT2D eigenvalue weighted by Crippen LogP contribution is -2.43. The van der Waals surface area contributed by atoms with E-state index in [-0.39, 0.29) is 0 Å². The van der Waals surface area contributed by atoms with E-state index in [1.807, 2.05) is 0 Å².